The third kappa shape index (κ3) is 4.97. The van der Waals surface area contributed by atoms with E-state index in [1.807, 2.05) is 37.8 Å². The number of hydrogen-bond acceptors (Lipinski definition) is 3. The first-order valence-corrected chi connectivity index (χ1v) is 9.79. The van der Waals surface area contributed by atoms with Gasteiger partial charge in [-0.15, -0.1) is 0 Å². The Labute approximate surface area is 156 Å². The molecule has 0 spiro atoms. The molecule has 1 aromatic rings. The van der Waals surface area contributed by atoms with Crippen LogP contribution in [0.25, 0.3) is 0 Å². The molecular weight excluding hydrogens is 331 g/mol. The molecule has 0 atom stereocenters. The van der Waals surface area contributed by atoms with Gasteiger partial charge in [0.1, 0.15) is 11.4 Å². The van der Waals surface area contributed by atoms with E-state index in [9.17, 15) is 9.18 Å². The lowest BCUT2D eigenvalue weighted by atomic mass is 9.81. The molecule has 2 fully saturated rings. The average molecular weight is 362 g/mol. The van der Waals surface area contributed by atoms with Crippen molar-refractivity contribution in [1.82, 2.24) is 9.80 Å². The topological polar surface area (TPSA) is 32.8 Å². The summed E-state index contributed by atoms with van der Waals surface area (Å²) in [5, 5.41) is 0. The number of benzene rings is 1. The Morgan fingerprint density at radius 3 is 2.12 bits per heavy atom. The predicted octanol–water partition coefficient (Wildman–Crippen LogP) is 4.40. The lowest BCUT2D eigenvalue weighted by molar-refractivity contribution is 0.00788. The maximum Gasteiger partial charge on any atom is 0.410 e. The van der Waals surface area contributed by atoms with Gasteiger partial charge in [-0.05, 0) is 70.1 Å². The minimum Gasteiger partial charge on any atom is -0.444 e. The van der Waals surface area contributed by atoms with Gasteiger partial charge in [0.05, 0.1) is 0 Å². The fourth-order valence-electron chi connectivity index (χ4n) is 4.11. The first-order valence-electron chi connectivity index (χ1n) is 9.79. The molecule has 1 saturated heterocycles. The van der Waals surface area contributed by atoms with Crippen LogP contribution in [0.2, 0.25) is 0 Å². The van der Waals surface area contributed by atoms with E-state index in [0.29, 0.717) is 12.0 Å². The monoisotopic (exact) mass is 362 g/mol. The van der Waals surface area contributed by atoms with Crippen molar-refractivity contribution in [3.63, 3.8) is 0 Å². The zero-order valence-electron chi connectivity index (χ0n) is 16.2. The second kappa shape index (κ2) is 7.95. The second-order valence-electron chi connectivity index (χ2n) is 8.56. The number of piperazine rings is 1. The van der Waals surface area contributed by atoms with Crippen LogP contribution in [0.4, 0.5) is 9.18 Å². The van der Waals surface area contributed by atoms with Crippen molar-refractivity contribution in [2.75, 3.05) is 26.2 Å². The summed E-state index contributed by atoms with van der Waals surface area (Å²) < 4.78 is 18.6. The molecule has 26 heavy (non-hydrogen) atoms. The second-order valence-corrected chi connectivity index (χ2v) is 8.56. The third-order valence-electron chi connectivity index (χ3n) is 5.52. The Bertz CT molecular complexity index is 595. The van der Waals surface area contributed by atoms with Crippen LogP contribution in [0.5, 0.6) is 0 Å². The largest absolute Gasteiger partial charge is 0.444 e. The molecule has 1 aliphatic carbocycles. The Morgan fingerprint density at radius 2 is 1.58 bits per heavy atom. The highest BCUT2D eigenvalue weighted by molar-refractivity contribution is 5.68. The lowest BCUT2D eigenvalue weighted by Crippen LogP contribution is -2.53. The van der Waals surface area contributed by atoms with E-state index in [2.05, 4.69) is 4.90 Å². The van der Waals surface area contributed by atoms with Gasteiger partial charge in [0.2, 0.25) is 0 Å². The number of amides is 1. The van der Waals surface area contributed by atoms with Gasteiger partial charge in [0.15, 0.2) is 0 Å². The van der Waals surface area contributed by atoms with E-state index in [1.54, 1.807) is 12.1 Å². The van der Waals surface area contributed by atoms with E-state index in [-0.39, 0.29) is 11.9 Å². The molecule has 1 aliphatic heterocycles. The molecule has 0 radical (unpaired) electrons. The van der Waals surface area contributed by atoms with Gasteiger partial charge in [0, 0.05) is 32.2 Å². The van der Waals surface area contributed by atoms with E-state index < -0.39 is 5.60 Å². The maximum atomic E-state index is 13.1. The van der Waals surface area contributed by atoms with Crippen LogP contribution < -0.4 is 0 Å². The molecule has 0 N–H and O–H groups in total. The Balaban J connectivity index is 1.45. The summed E-state index contributed by atoms with van der Waals surface area (Å²) in [6.45, 7) is 9.04. The zero-order valence-corrected chi connectivity index (χ0v) is 16.2. The summed E-state index contributed by atoms with van der Waals surface area (Å²) in [5.41, 5.74) is 0.826. The number of carbonyl (C=O) groups excluding carboxylic acids is 1. The molecule has 144 valence electrons. The summed E-state index contributed by atoms with van der Waals surface area (Å²) in [6, 6.07) is 7.60. The fourth-order valence-corrected chi connectivity index (χ4v) is 4.11. The molecule has 1 aromatic carbocycles. The van der Waals surface area contributed by atoms with Crippen LogP contribution in [-0.4, -0.2) is 53.7 Å². The molecule has 0 bridgehead atoms. The molecule has 0 unspecified atom stereocenters. The maximum absolute atomic E-state index is 13.1. The van der Waals surface area contributed by atoms with Crippen LogP contribution in [0.3, 0.4) is 0 Å². The molecule has 1 heterocycles. The Morgan fingerprint density at radius 1 is 1.00 bits per heavy atom. The standard InChI is InChI=1S/C21H31FN2O2/c1-21(2,3)26-20(25)24-14-12-23(13-15-24)19-10-6-17(7-11-19)16-4-8-18(22)9-5-16/h4-5,8-9,17,19H,6-7,10-15H2,1-3H3. The van der Waals surface area contributed by atoms with Crippen molar-refractivity contribution in [1.29, 1.82) is 0 Å². The van der Waals surface area contributed by atoms with Crippen molar-refractivity contribution in [2.24, 2.45) is 0 Å². The van der Waals surface area contributed by atoms with E-state index >= 15 is 0 Å². The molecule has 1 saturated carbocycles. The summed E-state index contributed by atoms with van der Waals surface area (Å²) in [7, 11) is 0. The van der Waals surface area contributed by atoms with E-state index in [1.165, 1.54) is 18.4 Å². The first kappa shape index (κ1) is 19.2. The normalized spacial score (nSPS) is 25.2. The van der Waals surface area contributed by atoms with Gasteiger partial charge in [0.25, 0.3) is 0 Å². The molecule has 3 rings (SSSR count). The minimum absolute atomic E-state index is 0.162. The predicted molar refractivity (Wildman–Crippen MR) is 101 cm³/mol. The van der Waals surface area contributed by atoms with Gasteiger partial charge < -0.3 is 9.64 Å². The zero-order chi connectivity index (χ0) is 18.7. The van der Waals surface area contributed by atoms with Crippen molar-refractivity contribution >= 4 is 6.09 Å². The van der Waals surface area contributed by atoms with E-state index in [4.69, 9.17) is 4.74 Å². The van der Waals surface area contributed by atoms with Gasteiger partial charge in [-0.2, -0.15) is 0 Å². The van der Waals surface area contributed by atoms with Crippen LogP contribution in [0.1, 0.15) is 57.9 Å². The Hall–Kier alpha value is -1.62. The van der Waals surface area contributed by atoms with Crippen LogP contribution in [0, 0.1) is 5.82 Å². The lowest BCUT2D eigenvalue weighted by Gasteiger charge is -2.42. The molecule has 4 nitrogen and oxygen atoms in total. The average Bonchev–Trinajstić information content (AvgIpc) is 2.61. The number of halogens is 1. The van der Waals surface area contributed by atoms with Gasteiger partial charge >= 0.3 is 6.09 Å². The van der Waals surface area contributed by atoms with Crippen molar-refractivity contribution < 1.29 is 13.9 Å². The third-order valence-corrected chi connectivity index (χ3v) is 5.52. The van der Waals surface area contributed by atoms with Crippen LogP contribution >= 0.6 is 0 Å². The van der Waals surface area contributed by atoms with E-state index in [0.717, 1.165) is 39.0 Å². The first-order chi connectivity index (χ1) is 12.3. The van der Waals surface area contributed by atoms with Crippen LogP contribution in [-0.2, 0) is 4.74 Å². The van der Waals surface area contributed by atoms with Gasteiger partial charge in [-0.3, -0.25) is 4.90 Å². The molecule has 2 aliphatic rings. The van der Waals surface area contributed by atoms with Crippen molar-refractivity contribution in [3.05, 3.63) is 35.6 Å². The van der Waals surface area contributed by atoms with Crippen molar-refractivity contribution in [3.8, 4) is 0 Å². The summed E-state index contributed by atoms with van der Waals surface area (Å²) in [4.78, 5) is 16.5. The molecule has 5 heteroatoms. The molecular formula is C21H31FN2O2. The summed E-state index contributed by atoms with van der Waals surface area (Å²) in [5.74, 6) is 0.389. The number of hydrogen-bond donors (Lipinski definition) is 0. The SMILES string of the molecule is CC(C)(C)OC(=O)N1CCN(C2CCC(c3ccc(F)cc3)CC2)CC1. The molecule has 1 amide bonds. The summed E-state index contributed by atoms with van der Waals surface area (Å²) >= 11 is 0. The quantitative estimate of drug-likeness (QED) is 0.781. The minimum atomic E-state index is -0.438. The number of nitrogens with zero attached hydrogens (tertiary/aromatic N) is 2. The highest BCUT2D eigenvalue weighted by Crippen LogP contribution is 2.35. The molecule has 0 aromatic heterocycles. The number of ether oxygens (including phenoxy) is 1. The highest BCUT2D eigenvalue weighted by Gasteiger charge is 2.31. The summed E-state index contributed by atoms with van der Waals surface area (Å²) in [6.07, 6.45) is 4.46. The number of rotatable bonds is 2. The van der Waals surface area contributed by atoms with Crippen molar-refractivity contribution in [2.45, 2.75) is 64.0 Å². The smallest absolute Gasteiger partial charge is 0.410 e. The fraction of sp³-hybridized carbons (Fsp3) is 0.667. The van der Waals surface area contributed by atoms with Gasteiger partial charge in [-0.1, -0.05) is 12.1 Å². The Kier molecular flexibility index (Phi) is 5.86. The highest BCUT2D eigenvalue weighted by atomic mass is 19.1. The number of carbonyl (C=O) groups is 1. The van der Waals surface area contributed by atoms with Gasteiger partial charge in [-0.25, -0.2) is 9.18 Å². The van der Waals surface area contributed by atoms with Crippen LogP contribution in [0.15, 0.2) is 24.3 Å².